The van der Waals surface area contributed by atoms with Gasteiger partial charge in [0.1, 0.15) is 5.82 Å². The van der Waals surface area contributed by atoms with E-state index in [1.54, 1.807) is 0 Å². The van der Waals surface area contributed by atoms with Crippen LogP contribution < -0.4 is 10.2 Å². The van der Waals surface area contributed by atoms with Crippen molar-refractivity contribution in [2.24, 2.45) is 0 Å². The van der Waals surface area contributed by atoms with E-state index in [0.29, 0.717) is 6.04 Å². The molecule has 1 aliphatic rings. The highest BCUT2D eigenvalue weighted by molar-refractivity contribution is 6.02. The van der Waals surface area contributed by atoms with Gasteiger partial charge in [0.2, 0.25) is 0 Å². The number of nitrogens with zero attached hydrogens (tertiary/aromatic N) is 2. The number of nitrogens with one attached hydrogen (secondary N) is 1. The Morgan fingerprint density at radius 2 is 1.90 bits per heavy atom. The van der Waals surface area contributed by atoms with Gasteiger partial charge in [-0.05, 0) is 45.6 Å². The minimum Gasteiger partial charge on any atom is -0.381 e. The minimum atomic E-state index is 0.413. The van der Waals surface area contributed by atoms with Crippen molar-refractivity contribution in [3.05, 3.63) is 30.0 Å². The van der Waals surface area contributed by atoms with E-state index in [1.807, 2.05) is 6.20 Å². The Kier molecular flexibility index (Phi) is 4.00. The third kappa shape index (κ3) is 2.82. The van der Waals surface area contributed by atoms with Gasteiger partial charge in [0.05, 0.1) is 11.9 Å². The molecule has 0 radical (unpaired) electrons. The average molecular weight is 283 g/mol. The van der Waals surface area contributed by atoms with Crippen molar-refractivity contribution >= 4 is 22.3 Å². The van der Waals surface area contributed by atoms with Gasteiger partial charge in [0.25, 0.3) is 0 Å². The van der Waals surface area contributed by atoms with E-state index in [4.69, 9.17) is 4.98 Å². The lowest BCUT2D eigenvalue weighted by Gasteiger charge is -2.29. The number of hydrogen-bond donors (Lipinski definition) is 1. The molecule has 2 heterocycles. The third-order valence-electron chi connectivity index (χ3n) is 4.20. The van der Waals surface area contributed by atoms with Crippen LogP contribution in [0.3, 0.4) is 0 Å². The molecule has 1 N–H and O–H groups in total. The van der Waals surface area contributed by atoms with Crippen molar-refractivity contribution < 1.29 is 0 Å². The molecular formula is C18H25N3. The zero-order valence-corrected chi connectivity index (χ0v) is 13.3. The Bertz CT molecular complexity index is 628. The number of aryl methyl sites for hydroxylation is 1. The summed E-state index contributed by atoms with van der Waals surface area (Å²) in [5, 5.41) is 6.13. The van der Waals surface area contributed by atoms with Crippen molar-refractivity contribution in [2.75, 3.05) is 23.3 Å². The van der Waals surface area contributed by atoms with Gasteiger partial charge in [-0.3, -0.25) is 0 Å². The van der Waals surface area contributed by atoms with Crippen LogP contribution in [0.5, 0.6) is 0 Å². The second-order valence-electron chi connectivity index (χ2n) is 6.34. The van der Waals surface area contributed by atoms with E-state index in [-0.39, 0.29) is 0 Å². The maximum Gasteiger partial charge on any atom is 0.136 e. The summed E-state index contributed by atoms with van der Waals surface area (Å²) in [6.07, 6.45) is 5.91. The lowest BCUT2D eigenvalue weighted by molar-refractivity contribution is 0.575. The predicted octanol–water partition coefficient (Wildman–Crippen LogP) is 4.35. The highest BCUT2D eigenvalue weighted by Crippen LogP contribution is 2.34. The van der Waals surface area contributed by atoms with Crippen LogP contribution in [-0.2, 0) is 0 Å². The van der Waals surface area contributed by atoms with E-state index in [2.05, 4.69) is 49.2 Å². The molecule has 21 heavy (non-hydrogen) atoms. The van der Waals surface area contributed by atoms with Gasteiger partial charge < -0.3 is 10.2 Å². The van der Waals surface area contributed by atoms with Crippen LogP contribution in [0, 0.1) is 6.92 Å². The molecule has 0 unspecified atom stereocenters. The van der Waals surface area contributed by atoms with Crippen LogP contribution in [0.25, 0.3) is 10.8 Å². The quantitative estimate of drug-likeness (QED) is 0.907. The van der Waals surface area contributed by atoms with Crippen LogP contribution in [-0.4, -0.2) is 24.1 Å². The summed E-state index contributed by atoms with van der Waals surface area (Å²) < 4.78 is 0. The molecule has 3 rings (SSSR count). The molecule has 0 aliphatic carbocycles. The molecule has 3 heteroatoms. The second-order valence-corrected chi connectivity index (χ2v) is 6.34. The molecule has 0 saturated carbocycles. The first-order valence-electron chi connectivity index (χ1n) is 8.06. The summed E-state index contributed by atoms with van der Waals surface area (Å²) in [7, 11) is 0. The van der Waals surface area contributed by atoms with Crippen molar-refractivity contribution in [3.63, 3.8) is 0 Å². The van der Waals surface area contributed by atoms with Crippen molar-refractivity contribution in [2.45, 2.75) is 46.1 Å². The summed E-state index contributed by atoms with van der Waals surface area (Å²) in [5.41, 5.74) is 2.46. The zero-order chi connectivity index (χ0) is 14.8. The molecule has 3 nitrogen and oxygen atoms in total. The number of anilines is 2. The summed E-state index contributed by atoms with van der Waals surface area (Å²) in [6.45, 7) is 8.79. The number of piperidine rings is 1. The van der Waals surface area contributed by atoms with E-state index in [9.17, 15) is 0 Å². The fourth-order valence-corrected chi connectivity index (χ4v) is 3.22. The molecule has 1 aromatic heterocycles. The topological polar surface area (TPSA) is 28.2 Å². The molecule has 1 fully saturated rings. The normalized spacial score (nSPS) is 15.7. The van der Waals surface area contributed by atoms with Gasteiger partial charge in [-0.15, -0.1) is 0 Å². The van der Waals surface area contributed by atoms with Gasteiger partial charge in [-0.1, -0.05) is 18.2 Å². The lowest BCUT2D eigenvalue weighted by atomic mass is 10.0. The third-order valence-corrected chi connectivity index (χ3v) is 4.20. The molecule has 0 bridgehead atoms. The molecule has 1 saturated heterocycles. The van der Waals surface area contributed by atoms with Crippen molar-refractivity contribution in [1.29, 1.82) is 0 Å². The van der Waals surface area contributed by atoms with Gasteiger partial charge in [0, 0.05) is 29.9 Å². The first-order chi connectivity index (χ1) is 10.2. The fourth-order valence-electron chi connectivity index (χ4n) is 3.22. The van der Waals surface area contributed by atoms with E-state index in [1.165, 1.54) is 35.6 Å². The van der Waals surface area contributed by atoms with Crippen LogP contribution in [0.1, 0.15) is 38.7 Å². The summed E-state index contributed by atoms with van der Waals surface area (Å²) >= 11 is 0. The fraction of sp³-hybridized carbons (Fsp3) is 0.500. The van der Waals surface area contributed by atoms with E-state index < -0.39 is 0 Å². The first kappa shape index (κ1) is 14.2. The highest BCUT2D eigenvalue weighted by atomic mass is 15.2. The molecule has 1 aromatic carbocycles. The number of rotatable bonds is 3. The largest absolute Gasteiger partial charge is 0.381 e. The Balaban J connectivity index is 2.13. The Labute approximate surface area is 127 Å². The summed E-state index contributed by atoms with van der Waals surface area (Å²) in [5.74, 6) is 1.16. The number of hydrogen-bond acceptors (Lipinski definition) is 3. The molecule has 0 amide bonds. The lowest BCUT2D eigenvalue weighted by Crippen LogP contribution is -2.30. The SMILES string of the molecule is Cc1cccc2c(NC(C)C)cnc(N3CCCCC3)c12. The Hall–Kier alpha value is -1.77. The molecular weight excluding hydrogens is 258 g/mol. The number of fused-ring (bicyclic) bond motifs is 1. The van der Waals surface area contributed by atoms with Crippen LogP contribution >= 0.6 is 0 Å². The smallest absolute Gasteiger partial charge is 0.136 e. The Morgan fingerprint density at radius 1 is 1.14 bits per heavy atom. The van der Waals surface area contributed by atoms with Gasteiger partial charge in [0.15, 0.2) is 0 Å². The van der Waals surface area contributed by atoms with Gasteiger partial charge in [-0.2, -0.15) is 0 Å². The standard InChI is InChI=1S/C18H25N3/c1-13(2)20-16-12-19-18(21-10-5-4-6-11-21)17-14(3)8-7-9-15(16)17/h7-9,12-13,20H,4-6,10-11H2,1-3H3. The molecule has 1 aliphatic heterocycles. The number of aromatic nitrogens is 1. The zero-order valence-electron chi connectivity index (χ0n) is 13.3. The number of benzene rings is 1. The molecule has 2 aromatic rings. The van der Waals surface area contributed by atoms with E-state index >= 15 is 0 Å². The van der Waals surface area contributed by atoms with Crippen molar-refractivity contribution in [3.8, 4) is 0 Å². The van der Waals surface area contributed by atoms with Gasteiger partial charge in [-0.25, -0.2) is 4.98 Å². The van der Waals surface area contributed by atoms with Crippen LogP contribution in [0.2, 0.25) is 0 Å². The monoisotopic (exact) mass is 283 g/mol. The summed E-state index contributed by atoms with van der Waals surface area (Å²) in [4.78, 5) is 7.26. The first-order valence-corrected chi connectivity index (χ1v) is 8.06. The maximum absolute atomic E-state index is 4.81. The van der Waals surface area contributed by atoms with Crippen LogP contribution in [0.4, 0.5) is 11.5 Å². The minimum absolute atomic E-state index is 0.413. The molecule has 112 valence electrons. The highest BCUT2D eigenvalue weighted by Gasteiger charge is 2.17. The molecule has 0 atom stereocenters. The summed E-state index contributed by atoms with van der Waals surface area (Å²) in [6, 6.07) is 6.96. The van der Waals surface area contributed by atoms with Gasteiger partial charge >= 0.3 is 0 Å². The van der Waals surface area contributed by atoms with Crippen molar-refractivity contribution in [1.82, 2.24) is 4.98 Å². The van der Waals surface area contributed by atoms with E-state index in [0.717, 1.165) is 24.6 Å². The molecule has 0 spiro atoms. The maximum atomic E-state index is 4.81. The second kappa shape index (κ2) is 5.92. The Morgan fingerprint density at radius 3 is 2.62 bits per heavy atom. The number of pyridine rings is 1. The average Bonchev–Trinajstić information content (AvgIpc) is 2.48. The van der Waals surface area contributed by atoms with Crippen LogP contribution in [0.15, 0.2) is 24.4 Å². The predicted molar refractivity (Wildman–Crippen MR) is 91.3 cm³/mol.